The average Bonchev–Trinajstić information content (AvgIpc) is 3.66. The zero-order valence-corrected chi connectivity index (χ0v) is 43.4. The largest absolute Gasteiger partial charge is 0.462 e. The Morgan fingerprint density at radius 1 is 0.500 bits per heavy atom. The van der Waals surface area contributed by atoms with Gasteiger partial charge in [-0.3, -0.25) is 19.2 Å². The molecule has 0 saturated heterocycles. The summed E-state index contributed by atoms with van der Waals surface area (Å²) in [5.74, 6) is -1.24. The van der Waals surface area contributed by atoms with Crippen LogP contribution >= 0.6 is 0 Å². The number of carbonyl (C=O) groups is 4. The summed E-state index contributed by atoms with van der Waals surface area (Å²) in [5, 5.41) is 0. The molecule has 0 bridgehead atoms. The predicted molar refractivity (Wildman–Crippen MR) is 273 cm³/mol. The Morgan fingerprint density at radius 2 is 0.955 bits per heavy atom. The minimum atomic E-state index is -0.870. The van der Waals surface area contributed by atoms with Crippen LogP contribution in [0.15, 0.2) is 36.5 Å². The number of hydrogen-bond donors (Lipinski definition) is 0. The molecule has 66 heavy (non-hydrogen) atoms. The van der Waals surface area contributed by atoms with Gasteiger partial charge < -0.3 is 23.8 Å². The van der Waals surface area contributed by atoms with Crippen LogP contribution in [0.3, 0.4) is 0 Å². The molecule has 1 aliphatic carbocycles. The number of esters is 4. The van der Waals surface area contributed by atoms with E-state index in [-0.39, 0.29) is 67.9 Å². The first kappa shape index (κ1) is 61.1. The molecule has 0 radical (unpaired) electrons. The van der Waals surface area contributed by atoms with Gasteiger partial charge in [0.15, 0.2) is 6.10 Å². The summed E-state index contributed by atoms with van der Waals surface area (Å²) in [5.41, 5.74) is 0. The van der Waals surface area contributed by atoms with Crippen molar-refractivity contribution in [2.75, 3.05) is 33.9 Å². The van der Waals surface area contributed by atoms with E-state index in [2.05, 4.69) is 62.1 Å². The quantitative estimate of drug-likeness (QED) is 0.0255. The van der Waals surface area contributed by atoms with E-state index >= 15 is 0 Å². The van der Waals surface area contributed by atoms with E-state index in [0.29, 0.717) is 19.3 Å². The van der Waals surface area contributed by atoms with Crippen LogP contribution in [0.1, 0.15) is 245 Å². The van der Waals surface area contributed by atoms with E-state index in [0.717, 1.165) is 103 Å². The third kappa shape index (κ3) is 37.1. The van der Waals surface area contributed by atoms with Crippen molar-refractivity contribution in [2.24, 2.45) is 11.8 Å². The van der Waals surface area contributed by atoms with Crippen molar-refractivity contribution in [3.8, 4) is 0 Å². The lowest BCUT2D eigenvalue weighted by atomic mass is 9.88. The highest BCUT2D eigenvalue weighted by atomic mass is 16.6. The molecule has 9 nitrogen and oxygen atoms in total. The van der Waals surface area contributed by atoms with Gasteiger partial charge in [0.1, 0.15) is 19.3 Å². The molecule has 4 unspecified atom stereocenters. The van der Waals surface area contributed by atoms with Gasteiger partial charge in [0.05, 0.1) is 0 Å². The van der Waals surface area contributed by atoms with Crippen LogP contribution < -0.4 is 0 Å². The second kappa shape index (κ2) is 44.6. The SMILES string of the molecule is CC/C=C\CC1C(CC(=O)OCC(COC(=O)CCCCCCC/C=C\CCCCCCCC)OC(=O)CCCCCCC/C=C\CCCCCCCC)CCC1OC(=O)CCCN(C)C. The highest BCUT2D eigenvalue weighted by Gasteiger charge is 2.39. The van der Waals surface area contributed by atoms with Gasteiger partial charge >= 0.3 is 23.9 Å². The van der Waals surface area contributed by atoms with Gasteiger partial charge in [-0.15, -0.1) is 0 Å². The lowest BCUT2D eigenvalue weighted by molar-refractivity contribution is -0.167. The van der Waals surface area contributed by atoms with E-state index in [9.17, 15) is 19.2 Å². The van der Waals surface area contributed by atoms with Crippen LogP contribution in [0.4, 0.5) is 0 Å². The van der Waals surface area contributed by atoms with Gasteiger partial charge in [0.25, 0.3) is 0 Å². The summed E-state index contributed by atoms with van der Waals surface area (Å²) in [7, 11) is 3.98. The summed E-state index contributed by atoms with van der Waals surface area (Å²) in [6.07, 6.45) is 48.2. The first-order valence-corrected chi connectivity index (χ1v) is 27.5. The van der Waals surface area contributed by atoms with Gasteiger partial charge in [-0.1, -0.05) is 160 Å². The van der Waals surface area contributed by atoms with Crippen molar-refractivity contribution < 1.29 is 38.1 Å². The average molecular weight is 928 g/mol. The number of unbranched alkanes of at least 4 members (excludes halogenated alkanes) is 22. The predicted octanol–water partition coefficient (Wildman–Crippen LogP) is 15.1. The van der Waals surface area contributed by atoms with Gasteiger partial charge in [-0.25, -0.2) is 0 Å². The molecule has 0 aromatic carbocycles. The maximum Gasteiger partial charge on any atom is 0.306 e. The van der Waals surface area contributed by atoms with Gasteiger partial charge in [0, 0.05) is 31.6 Å². The van der Waals surface area contributed by atoms with E-state index < -0.39 is 6.10 Å². The Labute approximate surface area is 405 Å². The second-order valence-electron chi connectivity index (χ2n) is 19.4. The Hall–Kier alpha value is -2.94. The molecule has 0 spiro atoms. The third-order valence-electron chi connectivity index (χ3n) is 12.9. The highest BCUT2D eigenvalue weighted by Crippen LogP contribution is 2.39. The minimum absolute atomic E-state index is 0.00454. The zero-order chi connectivity index (χ0) is 48.1. The Kier molecular flexibility index (Phi) is 41.2. The van der Waals surface area contributed by atoms with Crippen molar-refractivity contribution in [2.45, 2.75) is 258 Å². The fraction of sp³-hybridized carbons (Fsp3) is 0.825. The van der Waals surface area contributed by atoms with Crippen molar-refractivity contribution in [3.05, 3.63) is 36.5 Å². The fourth-order valence-corrected chi connectivity index (χ4v) is 8.80. The molecule has 1 fully saturated rings. The number of carbonyl (C=O) groups excluding carboxylic acids is 4. The molecule has 9 heteroatoms. The molecule has 0 aromatic rings. The van der Waals surface area contributed by atoms with Crippen LogP contribution in [-0.4, -0.2) is 74.8 Å². The highest BCUT2D eigenvalue weighted by molar-refractivity contribution is 5.71. The summed E-state index contributed by atoms with van der Waals surface area (Å²) >= 11 is 0. The molecule has 382 valence electrons. The van der Waals surface area contributed by atoms with E-state index in [1.54, 1.807) is 0 Å². The van der Waals surface area contributed by atoms with E-state index in [4.69, 9.17) is 18.9 Å². The van der Waals surface area contributed by atoms with E-state index in [1.807, 2.05) is 14.1 Å². The molecule has 0 aliphatic heterocycles. The lowest BCUT2D eigenvalue weighted by Gasteiger charge is -2.24. The molecule has 0 amide bonds. The Bertz CT molecular complexity index is 1280. The smallest absolute Gasteiger partial charge is 0.306 e. The molecular formula is C57H101NO8. The second-order valence-corrected chi connectivity index (χ2v) is 19.4. The van der Waals surface area contributed by atoms with E-state index in [1.165, 1.54) is 96.3 Å². The molecule has 0 N–H and O–H groups in total. The first-order valence-electron chi connectivity index (χ1n) is 27.5. The first-order chi connectivity index (χ1) is 32.2. The van der Waals surface area contributed by atoms with Crippen LogP contribution in [-0.2, 0) is 38.1 Å². The molecular weight excluding hydrogens is 827 g/mol. The number of ether oxygens (including phenoxy) is 4. The van der Waals surface area contributed by atoms with Crippen LogP contribution in [0.5, 0.6) is 0 Å². The fourth-order valence-electron chi connectivity index (χ4n) is 8.80. The maximum absolute atomic E-state index is 13.3. The maximum atomic E-state index is 13.3. The molecule has 0 aromatic heterocycles. The minimum Gasteiger partial charge on any atom is -0.462 e. The number of rotatable bonds is 45. The molecule has 0 heterocycles. The standard InChI is InChI=1S/C57H101NO8/c1-6-9-12-14-16-18-20-22-24-26-28-30-32-34-37-41-54(59)63-48-51(65-55(60)42-38-35-33-31-29-27-25-23-21-19-17-15-13-10-7-2)49-64-57(62)47-50-44-45-53(52(50)40-36-11-8-3)66-56(61)43-39-46-58(4)5/h11,22-25,36,50-53H,6-10,12-21,26-35,37-49H2,1-5H3/b24-22-,25-23-,36-11-. The molecule has 4 atom stereocenters. The van der Waals surface area contributed by atoms with Crippen molar-refractivity contribution in [1.82, 2.24) is 4.90 Å². The van der Waals surface area contributed by atoms with Crippen LogP contribution in [0.25, 0.3) is 0 Å². The Balaban J connectivity index is 2.58. The van der Waals surface area contributed by atoms with Gasteiger partial charge in [-0.2, -0.15) is 0 Å². The molecule has 1 aliphatic rings. The van der Waals surface area contributed by atoms with Gasteiger partial charge in [0.2, 0.25) is 0 Å². The summed E-state index contributed by atoms with van der Waals surface area (Å²) in [6, 6.07) is 0. The molecule has 1 rings (SSSR count). The number of allylic oxidation sites excluding steroid dienone is 6. The summed E-state index contributed by atoms with van der Waals surface area (Å²) in [4.78, 5) is 53.9. The third-order valence-corrected chi connectivity index (χ3v) is 12.9. The zero-order valence-electron chi connectivity index (χ0n) is 43.4. The normalized spacial score (nSPS) is 16.8. The topological polar surface area (TPSA) is 108 Å². The Morgan fingerprint density at radius 3 is 1.45 bits per heavy atom. The number of hydrogen-bond acceptors (Lipinski definition) is 9. The summed E-state index contributed by atoms with van der Waals surface area (Å²) in [6.45, 7) is 7.10. The van der Waals surface area contributed by atoms with Crippen LogP contribution in [0, 0.1) is 11.8 Å². The van der Waals surface area contributed by atoms with Crippen molar-refractivity contribution >= 4 is 23.9 Å². The van der Waals surface area contributed by atoms with Crippen LogP contribution in [0.2, 0.25) is 0 Å². The summed E-state index contributed by atoms with van der Waals surface area (Å²) < 4.78 is 23.1. The van der Waals surface area contributed by atoms with Gasteiger partial charge in [-0.05, 0) is 123 Å². The van der Waals surface area contributed by atoms with Crippen molar-refractivity contribution in [1.29, 1.82) is 0 Å². The molecule has 1 saturated carbocycles. The lowest BCUT2D eigenvalue weighted by Crippen LogP contribution is -2.31. The number of nitrogens with zero attached hydrogens (tertiary/aromatic N) is 1. The monoisotopic (exact) mass is 928 g/mol. The van der Waals surface area contributed by atoms with Crippen molar-refractivity contribution in [3.63, 3.8) is 0 Å².